The monoisotopic (exact) mass is 1420 g/mol. The van der Waals surface area contributed by atoms with Gasteiger partial charge < -0.3 is 9.13 Å². The van der Waals surface area contributed by atoms with Crippen molar-refractivity contribution in [2.75, 3.05) is 0 Å². The average molecular weight is 1420 g/mol. The molecular formula is C105H72N6. The van der Waals surface area contributed by atoms with Gasteiger partial charge in [-0.05, 0) is 194 Å². The van der Waals surface area contributed by atoms with Gasteiger partial charge in [-0.15, -0.1) is 0 Å². The van der Waals surface area contributed by atoms with Crippen molar-refractivity contribution in [1.29, 1.82) is 0 Å². The van der Waals surface area contributed by atoms with Crippen molar-refractivity contribution in [1.82, 2.24) is 28.2 Å². The van der Waals surface area contributed by atoms with Gasteiger partial charge >= 0.3 is 0 Å². The van der Waals surface area contributed by atoms with Crippen molar-refractivity contribution in [3.63, 3.8) is 0 Å². The maximum Gasteiger partial charge on any atom is 0.145 e. The Morgan fingerprint density at radius 3 is 0.847 bits per heavy atom. The molecule has 4 heterocycles. The van der Waals surface area contributed by atoms with E-state index in [0.29, 0.717) is 0 Å². The van der Waals surface area contributed by atoms with Crippen molar-refractivity contribution >= 4 is 65.7 Å². The lowest BCUT2D eigenvalue weighted by Crippen LogP contribution is -1.97. The van der Waals surface area contributed by atoms with Crippen LogP contribution < -0.4 is 0 Å². The maximum absolute atomic E-state index is 5.10. The molecule has 111 heavy (non-hydrogen) atoms. The lowest BCUT2D eigenvalue weighted by atomic mass is 9.89. The van der Waals surface area contributed by atoms with Crippen LogP contribution in [0.15, 0.2) is 419 Å². The quantitative estimate of drug-likeness (QED) is 0.115. The third-order valence-corrected chi connectivity index (χ3v) is 21.8. The van der Waals surface area contributed by atoms with E-state index in [1.807, 2.05) is 12.1 Å². The van der Waals surface area contributed by atoms with Crippen LogP contribution in [0.25, 0.3) is 189 Å². The molecular weight excluding hydrogens is 1350 g/mol. The van der Waals surface area contributed by atoms with Crippen LogP contribution in [0, 0.1) is 6.92 Å². The number of benzene rings is 17. The first-order chi connectivity index (χ1) is 55.0. The molecule has 0 aliphatic heterocycles. The van der Waals surface area contributed by atoms with E-state index in [2.05, 4.69) is 432 Å². The highest BCUT2D eigenvalue weighted by molar-refractivity contribution is 6.12. The third-order valence-electron chi connectivity index (χ3n) is 21.8. The minimum Gasteiger partial charge on any atom is -0.309 e. The predicted molar refractivity (Wildman–Crippen MR) is 464 cm³/mol. The second-order valence-electron chi connectivity index (χ2n) is 28.4. The number of aromatic nitrogens is 6. The van der Waals surface area contributed by atoms with Crippen molar-refractivity contribution in [3.05, 3.63) is 424 Å². The molecule has 0 fully saturated rings. The lowest BCUT2D eigenvalue weighted by molar-refractivity contribution is 1.10. The molecule has 0 aliphatic rings. The molecule has 0 bridgehead atoms. The van der Waals surface area contributed by atoms with Crippen molar-refractivity contribution < 1.29 is 0 Å². The Balaban J connectivity index is 0.000000146. The molecule has 17 aromatic carbocycles. The summed E-state index contributed by atoms with van der Waals surface area (Å²) in [5, 5.41) is 5.02. The Kier molecular flexibility index (Phi) is 16.7. The number of nitrogens with zero attached hydrogens (tertiary/aromatic N) is 6. The second-order valence-corrected chi connectivity index (χ2v) is 28.4. The first-order valence-electron chi connectivity index (χ1n) is 37.9. The normalized spacial score (nSPS) is 11.5. The molecule has 0 spiro atoms. The van der Waals surface area contributed by atoms with E-state index in [0.717, 1.165) is 67.3 Å². The molecule has 0 N–H and O–H groups in total. The van der Waals surface area contributed by atoms with E-state index in [4.69, 9.17) is 9.97 Å². The Hall–Kier alpha value is -14.7. The van der Waals surface area contributed by atoms with Crippen molar-refractivity contribution in [2.45, 2.75) is 6.92 Å². The number of rotatable bonds is 13. The van der Waals surface area contributed by atoms with Gasteiger partial charge in [-0.3, -0.25) is 9.13 Å². The summed E-state index contributed by atoms with van der Waals surface area (Å²) in [6, 6.07) is 150. The van der Waals surface area contributed by atoms with Gasteiger partial charge in [0.15, 0.2) is 0 Å². The van der Waals surface area contributed by atoms with Gasteiger partial charge in [0.2, 0.25) is 0 Å². The smallest absolute Gasteiger partial charge is 0.145 e. The largest absolute Gasteiger partial charge is 0.309 e. The Bertz CT molecular complexity index is 7030. The minimum atomic E-state index is 0.930. The minimum absolute atomic E-state index is 0.930. The topological polar surface area (TPSA) is 45.5 Å². The van der Waals surface area contributed by atoms with E-state index in [9.17, 15) is 0 Å². The lowest BCUT2D eigenvalue weighted by Gasteiger charge is -2.16. The predicted octanol–water partition coefficient (Wildman–Crippen LogP) is 27.6. The second kappa shape index (κ2) is 28.2. The average Bonchev–Trinajstić information content (AvgIpc) is 1.61. The van der Waals surface area contributed by atoms with Crippen molar-refractivity contribution in [2.24, 2.45) is 0 Å². The van der Waals surface area contributed by atoms with Gasteiger partial charge in [0.05, 0.1) is 44.1 Å². The summed E-state index contributed by atoms with van der Waals surface area (Å²) in [6.45, 7) is 2.14. The number of aryl methyl sites for hydroxylation is 1. The van der Waals surface area contributed by atoms with E-state index in [1.54, 1.807) is 0 Å². The fourth-order valence-electron chi connectivity index (χ4n) is 16.6. The molecule has 0 saturated heterocycles. The molecule has 4 aromatic heterocycles. The molecule has 6 heteroatoms. The summed E-state index contributed by atoms with van der Waals surface area (Å²) in [6.07, 6.45) is 0. The summed E-state index contributed by atoms with van der Waals surface area (Å²) < 4.78 is 9.25. The highest BCUT2D eigenvalue weighted by atomic mass is 15.1. The zero-order valence-electron chi connectivity index (χ0n) is 61.0. The standard InChI is InChI=1S/C55H37N3.C50H35N3/c1-3-15-43(16-4-1)57-52-25-13-11-23-49(52)50-37-42(35-36-53(50)57)38-27-29-39(30-28-38)45-19-7-9-21-47(45)48-22-10-8-20-46(48)40-31-33-41(34-32-40)55-56-51-24-12-14-26-54(51)58(55)44-17-5-2-6-18-44;1-34-23-30-39(31-24-34)52-47-21-11-9-19-44(47)45-33-37(29-32-48(45)52)41-16-6-8-18-43(41)42-17-7-5-15-40(42)35-25-27-36(28-26-35)50-51-46-20-10-12-22-49(46)53(50)38-13-3-2-4-14-38/h1-37H;2-33H,1H3. The number of hydrogen-bond donors (Lipinski definition) is 0. The molecule has 0 radical (unpaired) electrons. The SMILES string of the molecule is Cc1ccc(-n2c3ccccc3c3cc(-c4ccccc4-c4ccccc4-c4ccc(-c5nc6ccccc6n5-c5ccccc5)cc4)ccc32)cc1.c1ccc(-n2c(-c3ccc(-c4ccccc4-c4ccccc4-c4ccc(-c5ccc6c(c5)c5ccccc5n6-c5ccccc5)cc4)cc3)nc3ccccc32)cc1. The summed E-state index contributed by atoms with van der Waals surface area (Å²) in [5.74, 6) is 1.86. The fraction of sp³-hybridized carbons (Fsp3) is 0.00952. The molecule has 21 rings (SSSR count). The molecule has 0 amide bonds. The summed E-state index contributed by atoms with van der Waals surface area (Å²) in [7, 11) is 0. The first-order valence-corrected chi connectivity index (χ1v) is 37.9. The number of imidazole rings is 2. The Labute approximate surface area is 644 Å². The van der Waals surface area contributed by atoms with Gasteiger partial charge in [0, 0.05) is 55.4 Å². The number of para-hydroxylation sites is 9. The van der Waals surface area contributed by atoms with E-state index >= 15 is 0 Å². The summed E-state index contributed by atoms with van der Waals surface area (Å²) in [4.78, 5) is 10.2. The molecule has 0 unspecified atom stereocenters. The van der Waals surface area contributed by atoms with Crippen LogP contribution in [0.3, 0.4) is 0 Å². The molecule has 522 valence electrons. The van der Waals surface area contributed by atoms with Gasteiger partial charge in [-0.1, -0.05) is 315 Å². The van der Waals surface area contributed by atoms with Gasteiger partial charge in [-0.25, -0.2) is 9.97 Å². The van der Waals surface area contributed by atoms with Gasteiger partial charge in [-0.2, -0.15) is 0 Å². The van der Waals surface area contributed by atoms with Crippen molar-refractivity contribution in [3.8, 4) is 123 Å². The van der Waals surface area contributed by atoms with Gasteiger partial charge in [0.25, 0.3) is 0 Å². The summed E-state index contributed by atoms with van der Waals surface area (Å²) >= 11 is 0. The van der Waals surface area contributed by atoms with Crippen LogP contribution in [0.2, 0.25) is 0 Å². The number of hydrogen-bond acceptors (Lipinski definition) is 2. The maximum atomic E-state index is 5.10. The number of fused-ring (bicyclic) bond motifs is 8. The Morgan fingerprint density at radius 1 is 0.171 bits per heavy atom. The molecule has 6 nitrogen and oxygen atoms in total. The molecule has 21 aromatic rings. The highest BCUT2D eigenvalue weighted by Gasteiger charge is 2.22. The summed E-state index contributed by atoms with van der Waals surface area (Å²) in [5.41, 5.74) is 33.7. The molecule has 0 aliphatic carbocycles. The zero-order chi connectivity index (χ0) is 73.7. The highest BCUT2D eigenvalue weighted by Crippen LogP contribution is 2.45. The van der Waals surface area contributed by atoms with E-state index in [-0.39, 0.29) is 0 Å². The third kappa shape index (κ3) is 12.0. The van der Waals surface area contributed by atoms with E-state index in [1.165, 1.54) is 127 Å². The van der Waals surface area contributed by atoms with E-state index < -0.39 is 0 Å². The van der Waals surface area contributed by atoms with Gasteiger partial charge in [0.1, 0.15) is 11.6 Å². The fourth-order valence-corrected chi connectivity index (χ4v) is 16.6. The zero-order valence-corrected chi connectivity index (χ0v) is 61.0. The van der Waals surface area contributed by atoms with Crippen LogP contribution in [0.1, 0.15) is 5.56 Å². The van der Waals surface area contributed by atoms with Crippen LogP contribution >= 0.6 is 0 Å². The molecule has 0 saturated carbocycles. The van der Waals surface area contributed by atoms with Crippen LogP contribution in [-0.2, 0) is 0 Å². The first kappa shape index (κ1) is 65.8. The Morgan fingerprint density at radius 2 is 0.441 bits per heavy atom. The molecule has 0 atom stereocenters. The van der Waals surface area contributed by atoms with Crippen LogP contribution in [-0.4, -0.2) is 28.2 Å². The van der Waals surface area contributed by atoms with Crippen LogP contribution in [0.4, 0.5) is 0 Å². The van der Waals surface area contributed by atoms with Crippen LogP contribution in [0.5, 0.6) is 0 Å².